The van der Waals surface area contributed by atoms with Gasteiger partial charge in [-0.25, -0.2) is 0 Å². The molecule has 1 aliphatic carbocycles. The van der Waals surface area contributed by atoms with Crippen molar-refractivity contribution in [2.75, 3.05) is 20.3 Å². The number of nitrogens with two attached hydrogens (primary N) is 1. The van der Waals surface area contributed by atoms with Crippen LogP contribution in [0.15, 0.2) is 0 Å². The van der Waals surface area contributed by atoms with Crippen molar-refractivity contribution in [2.45, 2.75) is 45.1 Å². The first-order chi connectivity index (χ1) is 7.62. The average molecular weight is 228 g/mol. The lowest BCUT2D eigenvalue weighted by atomic mass is 10.0. The highest BCUT2D eigenvalue weighted by atomic mass is 16.5. The Kier molecular flexibility index (Phi) is 5.22. The van der Waals surface area contributed by atoms with Crippen molar-refractivity contribution >= 4 is 5.91 Å². The molecule has 0 radical (unpaired) electrons. The zero-order valence-corrected chi connectivity index (χ0v) is 10.4. The van der Waals surface area contributed by atoms with Crippen LogP contribution in [0.25, 0.3) is 0 Å². The SMILES string of the molecule is CCC(N)CC(=O)NCC1(CCOC)CC1. The number of methoxy groups -OCH3 is 1. The van der Waals surface area contributed by atoms with Gasteiger partial charge in [0.25, 0.3) is 0 Å². The van der Waals surface area contributed by atoms with Crippen LogP contribution < -0.4 is 11.1 Å². The summed E-state index contributed by atoms with van der Waals surface area (Å²) in [5.74, 6) is 0.0815. The van der Waals surface area contributed by atoms with E-state index >= 15 is 0 Å². The number of nitrogens with one attached hydrogen (secondary N) is 1. The summed E-state index contributed by atoms with van der Waals surface area (Å²) in [7, 11) is 1.72. The molecule has 1 amide bonds. The molecule has 1 unspecified atom stereocenters. The van der Waals surface area contributed by atoms with Crippen LogP contribution in [0.4, 0.5) is 0 Å². The molecule has 1 fully saturated rings. The van der Waals surface area contributed by atoms with Crippen molar-refractivity contribution < 1.29 is 9.53 Å². The molecule has 0 spiro atoms. The highest BCUT2D eigenvalue weighted by Crippen LogP contribution is 2.48. The molecule has 4 heteroatoms. The third-order valence-electron chi connectivity index (χ3n) is 3.43. The summed E-state index contributed by atoms with van der Waals surface area (Å²) < 4.78 is 5.07. The molecule has 0 aromatic heterocycles. The smallest absolute Gasteiger partial charge is 0.221 e. The Balaban J connectivity index is 2.16. The van der Waals surface area contributed by atoms with E-state index in [1.807, 2.05) is 6.92 Å². The van der Waals surface area contributed by atoms with Gasteiger partial charge in [-0.3, -0.25) is 4.79 Å². The van der Waals surface area contributed by atoms with Crippen LogP contribution in [-0.2, 0) is 9.53 Å². The molecule has 16 heavy (non-hydrogen) atoms. The van der Waals surface area contributed by atoms with Crippen molar-refractivity contribution in [1.82, 2.24) is 5.32 Å². The first-order valence-electron chi connectivity index (χ1n) is 6.13. The van der Waals surface area contributed by atoms with Gasteiger partial charge in [-0.2, -0.15) is 0 Å². The summed E-state index contributed by atoms with van der Waals surface area (Å²) in [5, 5.41) is 2.99. The van der Waals surface area contributed by atoms with Crippen molar-refractivity contribution in [3.05, 3.63) is 0 Å². The van der Waals surface area contributed by atoms with Crippen LogP contribution >= 0.6 is 0 Å². The minimum atomic E-state index is -0.00544. The second-order valence-corrected chi connectivity index (χ2v) is 4.89. The Morgan fingerprint density at radius 3 is 2.75 bits per heavy atom. The van der Waals surface area contributed by atoms with Gasteiger partial charge in [0.15, 0.2) is 0 Å². The van der Waals surface area contributed by atoms with Gasteiger partial charge in [-0.1, -0.05) is 6.92 Å². The fourth-order valence-electron chi connectivity index (χ4n) is 1.75. The molecule has 94 valence electrons. The van der Waals surface area contributed by atoms with Crippen LogP contribution in [0, 0.1) is 5.41 Å². The predicted octanol–water partition coefficient (Wildman–Crippen LogP) is 1.05. The molecule has 3 N–H and O–H groups in total. The highest BCUT2D eigenvalue weighted by molar-refractivity contribution is 5.76. The Morgan fingerprint density at radius 1 is 1.56 bits per heavy atom. The number of rotatable bonds is 8. The molecule has 0 saturated heterocycles. The van der Waals surface area contributed by atoms with Crippen LogP contribution in [0.1, 0.15) is 39.0 Å². The van der Waals surface area contributed by atoms with E-state index in [1.165, 1.54) is 12.8 Å². The maximum Gasteiger partial charge on any atom is 0.221 e. The van der Waals surface area contributed by atoms with E-state index in [0.29, 0.717) is 11.8 Å². The second kappa shape index (κ2) is 6.21. The number of ether oxygens (including phenoxy) is 1. The van der Waals surface area contributed by atoms with Gasteiger partial charge in [0.2, 0.25) is 5.91 Å². The Morgan fingerprint density at radius 2 is 2.25 bits per heavy atom. The van der Waals surface area contributed by atoms with Crippen molar-refractivity contribution in [1.29, 1.82) is 0 Å². The molecule has 4 nitrogen and oxygen atoms in total. The van der Waals surface area contributed by atoms with Gasteiger partial charge < -0.3 is 15.8 Å². The minimum Gasteiger partial charge on any atom is -0.385 e. The van der Waals surface area contributed by atoms with E-state index in [1.54, 1.807) is 7.11 Å². The minimum absolute atomic E-state index is 0.00544. The highest BCUT2D eigenvalue weighted by Gasteiger charge is 2.42. The van der Waals surface area contributed by atoms with Crippen LogP contribution in [0.5, 0.6) is 0 Å². The predicted molar refractivity (Wildman–Crippen MR) is 64.1 cm³/mol. The van der Waals surface area contributed by atoms with E-state index < -0.39 is 0 Å². The molecule has 1 aliphatic rings. The zero-order chi connectivity index (χ0) is 12.0. The molecule has 0 bridgehead atoms. The second-order valence-electron chi connectivity index (χ2n) is 4.89. The number of hydrogen-bond acceptors (Lipinski definition) is 3. The summed E-state index contributed by atoms with van der Waals surface area (Å²) in [6.07, 6.45) is 4.75. The average Bonchev–Trinajstić information content (AvgIpc) is 3.04. The van der Waals surface area contributed by atoms with Gasteiger partial charge in [-0.05, 0) is 31.1 Å². The van der Waals surface area contributed by atoms with Gasteiger partial charge in [0, 0.05) is 32.7 Å². The van der Waals surface area contributed by atoms with Crippen molar-refractivity contribution in [2.24, 2.45) is 11.1 Å². The standard InChI is InChI=1S/C12H24N2O2/c1-3-10(13)8-11(15)14-9-12(4-5-12)6-7-16-2/h10H,3-9,13H2,1-2H3,(H,14,15). The van der Waals surface area contributed by atoms with E-state index in [4.69, 9.17) is 10.5 Å². The fourth-order valence-corrected chi connectivity index (χ4v) is 1.75. The van der Waals surface area contributed by atoms with Crippen LogP contribution in [0.2, 0.25) is 0 Å². The number of carbonyl (C=O) groups is 1. The van der Waals surface area contributed by atoms with Crippen molar-refractivity contribution in [3.8, 4) is 0 Å². The quantitative estimate of drug-likeness (QED) is 0.652. The third-order valence-corrected chi connectivity index (χ3v) is 3.43. The Labute approximate surface area is 97.9 Å². The van der Waals surface area contributed by atoms with Gasteiger partial charge in [0.1, 0.15) is 0 Å². The number of carbonyl (C=O) groups excluding carboxylic acids is 1. The summed E-state index contributed by atoms with van der Waals surface area (Å²) in [4.78, 5) is 11.5. The molecule has 0 aromatic carbocycles. The number of hydrogen-bond donors (Lipinski definition) is 2. The van der Waals surface area contributed by atoms with Gasteiger partial charge in [-0.15, -0.1) is 0 Å². The van der Waals surface area contributed by atoms with Crippen LogP contribution in [0.3, 0.4) is 0 Å². The summed E-state index contributed by atoms with van der Waals surface area (Å²) >= 11 is 0. The first kappa shape index (κ1) is 13.5. The molecule has 1 atom stereocenters. The normalized spacial score (nSPS) is 19.2. The van der Waals surface area contributed by atoms with E-state index in [0.717, 1.165) is 26.0 Å². The molecular weight excluding hydrogens is 204 g/mol. The van der Waals surface area contributed by atoms with Gasteiger partial charge in [0.05, 0.1) is 0 Å². The van der Waals surface area contributed by atoms with Crippen molar-refractivity contribution in [3.63, 3.8) is 0 Å². The van der Waals surface area contributed by atoms with Gasteiger partial charge >= 0.3 is 0 Å². The Hall–Kier alpha value is -0.610. The lowest BCUT2D eigenvalue weighted by Crippen LogP contribution is -2.35. The summed E-state index contributed by atoms with van der Waals surface area (Å²) in [5.41, 5.74) is 6.05. The van der Waals surface area contributed by atoms with Crippen LogP contribution in [-0.4, -0.2) is 32.2 Å². The molecule has 0 aromatic rings. The topological polar surface area (TPSA) is 64.4 Å². The molecular formula is C12H24N2O2. The van der Waals surface area contributed by atoms with E-state index in [-0.39, 0.29) is 11.9 Å². The third kappa shape index (κ3) is 4.49. The van der Waals surface area contributed by atoms with E-state index in [2.05, 4.69) is 5.32 Å². The first-order valence-corrected chi connectivity index (χ1v) is 6.13. The summed E-state index contributed by atoms with van der Waals surface area (Å²) in [6, 6.07) is -0.00544. The molecule has 1 saturated carbocycles. The zero-order valence-electron chi connectivity index (χ0n) is 10.4. The lowest BCUT2D eigenvalue weighted by molar-refractivity contribution is -0.121. The molecule has 1 rings (SSSR count). The molecule has 0 aliphatic heterocycles. The largest absolute Gasteiger partial charge is 0.385 e. The Bertz CT molecular complexity index is 227. The summed E-state index contributed by atoms with van der Waals surface area (Å²) in [6.45, 7) is 3.56. The lowest BCUT2D eigenvalue weighted by Gasteiger charge is -2.16. The maximum absolute atomic E-state index is 11.5. The monoisotopic (exact) mass is 228 g/mol. The number of amides is 1. The van der Waals surface area contributed by atoms with E-state index in [9.17, 15) is 4.79 Å². The molecule has 0 heterocycles. The maximum atomic E-state index is 11.5. The fraction of sp³-hybridized carbons (Fsp3) is 0.917.